The minimum absolute atomic E-state index is 0.0710. The van der Waals surface area contributed by atoms with Crippen LogP contribution in [-0.4, -0.2) is 57.9 Å². The van der Waals surface area contributed by atoms with Gasteiger partial charge in [-0.15, -0.1) is 0 Å². The first-order valence-electron chi connectivity index (χ1n) is 9.52. The Morgan fingerprint density at radius 3 is 2.54 bits per heavy atom. The van der Waals surface area contributed by atoms with Gasteiger partial charge in [-0.2, -0.15) is 9.41 Å². The molecular formula is C17H24N6O4S. The van der Waals surface area contributed by atoms with Gasteiger partial charge < -0.3 is 9.88 Å². The molecule has 0 radical (unpaired) electrons. The van der Waals surface area contributed by atoms with Crippen LogP contribution in [0.1, 0.15) is 44.9 Å². The fourth-order valence-corrected chi connectivity index (χ4v) is 6.25. The highest BCUT2D eigenvalue weighted by atomic mass is 32.2. The van der Waals surface area contributed by atoms with Crippen molar-refractivity contribution in [2.24, 2.45) is 12.1 Å². The van der Waals surface area contributed by atoms with E-state index >= 15 is 0 Å². The van der Waals surface area contributed by atoms with Gasteiger partial charge >= 0.3 is 0 Å². The van der Waals surface area contributed by atoms with Crippen LogP contribution in [0.3, 0.4) is 0 Å². The summed E-state index contributed by atoms with van der Waals surface area (Å²) in [7, 11) is -1.92. The average molecular weight is 408 g/mol. The number of nitrogens with one attached hydrogen (secondary N) is 2. The van der Waals surface area contributed by atoms with Crippen LogP contribution in [0.4, 0.5) is 0 Å². The van der Waals surface area contributed by atoms with Gasteiger partial charge in [-0.05, 0) is 25.7 Å². The van der Waals surface area contributed by atoms with E-state index in [4.69, 9.17) is 0 Å². The van der Waals surface area contributed by atoms with Crippen molar-refractivity contribution in [1.29, 1.82) is 0 Å². The number of carbonyl (C=O) groups excluding carboxylic acids is 2. The molecule has 3 aliphatic heterocycles. The van der Waals surface area contributed by atoms with E-state index in [-0.39, 0.29) is 41.4 Å². The Balaban J connectivity index is 1.48. The third-order valence-corrected chi connectivity index (χ3v) is 7.52. The minimum atomic E-state index is -3.66. The Labute approximate surface area is 163 Å². The smallest absolute Gasteiger partial charge is 0.267 e. The van der Waals surface area contributed by atoms with Gasteiger partial charge in [0.15, 0.2) is 5.03 Å². The second kappa shape index (κ2) is 7.28. The van der Waals surface area contributed by atoms with Crippen LogP contribution in [0.15, 0.2) is 22.7 Å². The van der Waals surface area contributed by atoms with Gasteiger partial charge in [-0.1, -0.05) is 6.42 Å². The molecule has 11 heteroatoms. The average Bonchev–Trinajstić information content (AvgIpc) is 3.08. The van der Waals surface area contributed by atoms with Crippen LogP contribution in [-0.2, 0) is 26.7 Å². The number of hydrogen-bond donors (Lipinski definition) is 2. The first-order chi connectivity index (χ1) is 13.3. The zero-order chi connectivity index (χ0) is 19.9. The molecule has 3 atom stereocenters. The van der Waals surface area contributed by atoms with Gasteiger partial charge in [-0.25, -0.2) is 18.8 Å². The van der Waals surface area contributed by atoms with Gasteiger partial charge in [0, 0.05) is 44.2 Å². The van der Waals surface area contributed by atoms with Crippen molar-refractivity contribution < 1.29 is 18.0 Å². The fraction of sp³-hybridized carbons (Fsp3) is 0.647. The number of sulfonamides is 1. The van der Waals surface area contributed by atoms with Crippen LogP contribution in [0.25, 0.3) is 0 Å². The van der Waals surface area contributed by atoms with Crippen molar-refractivity contribution in [3.8, 4) is 0 Å². The molecule has 2 amide bonds. The van der Waals surface area contributed by atoms with Gasteiger partial charge in [0.2, 0.25) is 5.91 Å². The summed E-state index contributed by atoms with van der Waals surface area (Å²) in [6.07, 6.45) is 7.21. The molecule has 1 aromatic rings. The van der Waals surface area contributed by atoms with E-state index in [2.05, 4.69) is 20.8 Å². The molecule has 0 saturated carbocycles. The molecule has 1 unspecified atom stereocenters. The van der Waals surface area contributed by atoms with E-state index in [1.165, 1.54) is 12.5 Å². The molecule has 0 aliphatic carbocycles. The predicted octanol–water partition coefficient (Wildman–Crippen LogP) is -0.123. The molecule has 2 bridgehead atoms. The molecule has 2 saturated heterocycles. The Hall–Kier alpha value is -2.27. The van der Waals surface area contributed by atoms with E-state index in [9.17, 15) is 18.0 Å². The molecule has 4 rings (SSSR count). The molecule has 152 valence electrons. The number of hydrazone groups is 1. The highest BCUT2D eigenvalue weighted by Crippen LogP contribution is 2.37. The summed E-state index contributed by atoms with van der Waals surface area (Å²) in [5, 5.41) is 6.89. The third kappa shape index (κ3) is 3.55. The Kier molecular flexibility index (Phi) is 4.96. The van der Waals surface area contributed by atoms with Gasteiger partial charge in [-0.3, -0.25) is 9.59 Å². The van der Waals surface area contributed by atoms with E-state index in [0.29, 0.717) is 25.0 Å². The standard InChI is InChI=1S/C17H24N6O4S/c1-22-9-16(18-10-22)28(26,27)23-12-3-2-4-13(23)8-11(7-12)19-17(25)14-5-6-15(24)21-20-14/h9-13H,2-8H2,1H3,(H,19,25)(H,21,24)/t11?,12-,13+. The lowest BCUT2D eigenvalue weighted by molar-refractivity contribution is -0.121. The zero-order valence-corrected chi connectivity index (χ0v) is 16.5. The normalized spacial score (nSPS) is 28.4. The van der Waals surface area contributed by atoms with Crippen LogP contribution < -0.4 is 10.7 Å². The monoisotopic (exact) mass is 408 g/mol. The van der Waals surface area contributed by atoms with E-state index in [1.54, 1.807) is 15.9 Å². The van der Waals surface area contributed by atoms with Crippen molar-refractivity contribution in [3.05, 3.63) is 12.5 Å². The molecule has 3 aliphatic rings. The lowest BCUT2D eigenvalue weighted by atomic mass is 9.84. The maximum Gasteiger partial charge on any atom is 0.267 e. The van der Waals surface area contributed by atoms with Gasteiger partial charge in [0.25, 0.3) is 15.9 Å². The number of fused-ring (bicyclic) bond motifs is 2. The quantitative estimate of drug-likeness (QED) is 0.718. The van der Waals surface area contributed by atoms with Crippen LogP contribution >= 0.6 is 0 Å². The number of piperidine rings is 2. The molecule has 4 heterocycles. The van der Waals surface area contributed by atoms with Crippen molar-refractivity contribution in [2.45, 2.75) is 68.1 Å². The molecule has 0 aromatic carbocycles. The Bertz CT molecular complexity index is 910. The van der Waals surface area contributed by atoms with Crippen LogP contribution in [0.5, 0.6) is 0 Å². The predicted molar refractivity (Wildman–Crippen MR) is 99.6 cm³/mol. The first kappa shape index (κ1) is 19.1. The molecule has 28 heavy (non-hydrogen) atoms. The van der Waals surface area contributed by atoms with Crippen LogP contribution in [0.2, 0.25) is 0 Å². The summed E-state index contributed by atoms with van der Waals surface area (Å²) in [6, 6.07) is -0.422. The summed E-state index contributed by atoms with van der Waals surface area (Å²) < 4.78 is 29.5. The summed E-state index contributed by atoms with van der Waals surface area (Å²) in [6.45, 7) is 0. The van der Waals surface area contributed by atoms with Crippen molar-refractivity contribution in [3.63, 3.8) is 0 Å². The second-order valence-corrected chi connectivity index (χ2v) is 9.48. The number of aromatic nitrogens is 2. The highest BCUT2D eigenvalue weighted by molar-refractivity contribution is 7.89. The second-order valence-electron chi connectivity index (χ2n) is 7.69. The lowest BCUT2D eigenvalue weighted by Gasteiger charge is -2.47. The molecule has 1 aromatic heterocycles. The molecular weight excluding hydrogens is 384 g/mol. The molecule has 10 nitrogen and oxygen atoms in total. The van der Waals surface area contributed by atoms with Crippen molar-refractivity contribution in [1.82, 2.24) is 24.6 Å². The Morgan fingerprint density at radius 1 is 1.25 bits per heavy atom. The maximum absolute atomic E-state index is 13.1. The number of hydrogen-bond acceptors (Lipinski definition) is 6. The largest absolute Gasteiger partial charge is 0.348 e. The third-order valence-electron chi connectivity index (χ3n) is 5.63. The van der Waals surface area contributed by atoms with Crippen LogP contribution in [0, 0.1) is 0 Å². The van der Waals surface area contributed by atoms with Crippen molar-refractivity contribution >= 4 is 27.5 Å². The Morgan fingerprint density at radius 2 is 1.96 bits per heavy atom. The minimum Gasteiger partial charge on any atom is -0.348 e. The summed E-state index contributed by atoms with van der Waals surface area (Å²) in [5.41, 5.74) is 2.64. The molecule has 2 N–H and O–H groups in total. The fourth-order valence-electron chi connectivity index (χ4n) is 4.39. The zero-order valence-electron chi connectivity index (χ0n) is 15.7. The lowest BCUT2D eigenvalue weighted by Crippen LogP contribution is -2.59. The van der Waals surface area contributed by atoms with E-state index in [1.807, 2.05) is 0 Å². The summed E-state index contributed by atoms with van der Waals surface area (Å²) in [4.78, 5) is 27.7. The van der Waals surface area contributed by atoms with Gasteiger partial charge in [0.1, 0.15) is 5.71 Å². The highest BCUT2D eigenvalue weighted by Gasteiger charge is 2.46. The summed E-state index contributed by atoms with van der Waals surface area (Å²) >= 11 is 0. The number of nitrogens with zero attached hydrogens (tertiary/aromatic N) is 4. The number of aryl methyl sites for hydroxylation is 1. The SMILES string of the molecule is Cn1cnc(S(=O)(=O)N2[C@@H]3CCC[C@H]2CC(NC(=O)C2=NNC(=O)CC2)C3)c1. The van der Waals surface area contributed by atoms with E-state index in [0.717, 1.165) is 19.3 Å². The summed E-state index contributed by atoms with van der Waals surface area (Å²) in [5.74, 6) is -0.483. The van der Waals surface area contributed by atoms with Gasteiger partial charge in [0.05, 0.1) is 6.33 Å². The number of rotatable bonds is 4. The van der Waals surface area contributed by atoms with E-state index < -0.39 is 10.0 Å². The molecule has 0 spiro atoms. The van der Waals surface area contributed by atoms with Crippen molar-refractivity contribution in [2.75, 3.05) is 0 Å². The number of amides is 2. The number of imidazole rings is 1. The number of carbonyl (C=O) groups is 2. The topological polar surface area (TPSA) is 126 Å². The maximum atomic E-state index is 13.1. The molecule has 2 fully saturated rings. The first-order valence-corrected chi connectivity index (χ1v) is 11.0.